The van der Waals surface area contributed by atoms with Crippen LogP contribution in [0.25, 0.3) is 0 Å². The van der Waals surface area contributed by atoms with Crippen LogP contribution in [0.2, 0.25) is 0 Å². The Morgan fingerprint density at radius 3 is 2.67 bits per heavy atom. The summed E-state index contributed by atoms with van der Waals surface area (Å²) in [4.78, 5) is 15.8. The third-order valence-corrected chi connectivity index (χ3v) is 2.35. The van der Waals surface area contributed by atoms with Crippen molar-refractivity contribution in [1.29, 1.82) is 0 Å². The lowest BCUT2D eigenvalue weighted by molar-refractivity contribution is -0.122. The number of carbonyl (C=O) groups excluding carboxylic acids is 1. The molecule has 92 valence electrons. The number of aromatic nitrogens is 1. The van der Waals surface area contributed by atoms with Crippen molar-refractivity contribution in [3.63, 3.8) is 0 Å². The normalized spacial score (nSPS) is 11.6. The number of nitrogens with one attached hydrogen (secondary N) is 1. The molecule has 0 fully saturated rings. The van der Waals surface area contributed by atoms with Gasteiger partial charge in [0.15, 0.2) is 6.10 Å². The van der Waals surface area contributed by atoms with E-state index in [1.807, 2.05) is 30.3 Å². The molecule has 0 aliphatic carbocycles. The molecule has 1 atom stereocenters. The van der Waals surface area contributed by atoms with E-state index in [0.29, 0.717) is 11.4 Å². The zero-order chi connectivity index (χ0) is 12.8. The number of hydrogen-bond donors (Lipinski definition) is 1. The highest BCUT2D eigenvalue weighted by Gasteiger charge is 2.14. The predicted octanol–water partition coefficient (Wildman–Crippen LogP) is 2.49. The van der Waals surface area contributed by atoms with Crippen molar-refractivity contribution in [2.75, 3.05) is 5.32 Å². The minimum Gasteiger partial charge on any atom is -0.481 e. The summed E-state index contributed by atoms with van der Waals surface area (Å²) in [6, 6.07) is 12.8. The molecule has 0 aliphatic heterocycles. The van der Waals surface area contributed by atoms with Gasteiger partial charge in [0.25, 0.3) is 5.91 Å². The van der Waals surface area contributed by atoms with Gasteiger partial charge in [-0.25, -0.2) is 0 Å². The van der Waals surface area contributed by atoms with Crippen molar-refractivity contribution in [1.82, 2.24) is 4.98 Å². The van der Waals surface area contributed by atoms with Crippen LogP contribution in [0.4, 0.5) is 5.69 Å². The number of ether oxygens (including phenoxy) is 1. The summed E-state index contributed by atoms with van der Waals surface area (Å²) >= 11 is 0. The minimum absolute atomic E-state index is 0.202. The molecule has 1 aromatic carbocycles. The van der Waals surface area contributed by atoms with E-state index in [-0.39, 0.29) is 5.91 Å². The molecule has 0 aliphatic rings. The van der Waals surface area contributed by atoms with E-state index in [4.69, 9.17) is 4.74 Å². The first-order valence-corrected chi connectivity index (χ1v) is 5.68. The predicted molar refractivity (Wildman–Crippen MR) is 69.4 cm³/mol. The highest BCUT2D eigenvalue weighted by Crippen LogP contribution is 2.12. The van der Waals surface area contributed by atoms with E-state index in [1.54, 1.807) is 31.5 Å². The summed E-state index contributed by atoms with van der Waals surface area (Å²) < 4.78 is 5.52. The maximum Gasteiger partial charge on any atom is 0.265 e. The Bertz CT molecular complexity index is 500. The first kappa shape index (κ1) is 12.1. The summed E-state index contributed by atoms with van der Waals surface area (Å²) in [7, 11) is 0. The Morgan fingerprint density at radius 2 is 2.00 bits per heavy atom. The molecule has 0 bridgehead atoms. The van der Waals surface area contributed by atoms with Gasteiger partial charge in [0.1, 0.15) is 5.75 Å². The highest BCUT2D eigenvalue weighted by atomic mass is 16.5. The second kappa shape index (κ2) is 5.82. The molecule has 2 rings (SSSR count). The lowest BCUT2D eigenvalue weighted by atomic mass is 10.3. The van der Waals surface area contributed by atoms with Gasteiger partial charge in [0, 0.05) is 6.20 Å². The molecule has 0 radical (unpaired) electrons. The summed E-state index contributed by atoms with van der Waals surface area (Å²) in [5.74, 6) is 0.471. The molecule has 4 nitrogen and oxygen atoms in total. The van der Waals surface area contributed by atoms with Gasteiger partial charge in [0.2, 0.25) is 0 Å². The molecule has 4 heteroatoms. The van der Waals surface area contributed by atoms with Gasteiger partial charge in [-0.05, 0) is 31.2 Å². The Labute approximate surface area is 106 Å². The smallest absolute Gasteiger partial charge is 0.265 e. The van der Waals surface area contributed by atoms with Crippen molar-refractivity contribution in [2.24, 2.45) is 0 Å². The second-order valence-electron chi connectivity index (χ2n) is 3.80. The zero-order valence-electron chi connectivity index (χ0n) is 10.0. The Hall–Kier alpha value is -2.36. The fourth-order valence-electron chi connectivity index (χ4n) is 1.44. The molecule has 0 saturated carbocycles. The fraction of sp³-hybridized carbons (Fsp3) is 0.143. The van der Waals surface area contributed by atoms with Crippen molar-refractivity contribution >= 4 is 11.6 Å². The lowest BCUT2D eigenvalue weighted by Crippen LogP contribution is -2.30. The standard InChI is InChI=1S/C14H14N2O2/c1-11(18-13-7-3-2-4-8-13)14(17)16-12-6-5-9-15-10-12/h2-11H,1H3,(H,16,17)/t11-/m0/s1. The minimum atomic E-state index is -0.562. The van der Waals surface area contributed by atoms with Crippen LogP contribution in [0, 0.1) is 0 Å². The fourth-order valence-corrected chi connectivity index (χ4v) is 1.44. The number of anilines is 1. The number of benzene rings is 1. The molecular weight excluding hydrogens is 228 g/mol. The Balaban J connectivity index is 1.93. The third kappa shape index (κ3) is 3.31. The van der Waals surface area contributed by atoms with Crippen molar-refractivity contribution in [3.8, 4) is 5.75 Å². The SMILES string of the molecule is C[C@H](Oc1ccccc1)C(=O)Nc1cccnc1. The Morgan fingerprint density at radius 1 is 1.22 bits per heavy atom. The van der Waals surface area contributed by atoms with E-state index in [0.717, 1.165) is 0 Å². The van der Waals surface area contributed by atoms with E-state index in [9.17, 15) is 4.79 Å². The van der Waals surface area contributed by atoms with Gasteiger partial charge < -0.3 is 10.1 Å². The van der Waals surface area contributed by atoms with Gasteiger partial charge in [-0.1, -0.05) is 18.2 Å². The average molecular weight is 242 g/mol. The molecule has 0 spiro atoms. The van der Waals surface area contributed by atoms with Gasteiger partial charge in [-0.3, -0.25) is 9.78 Å². The van der Waals surface area contributed by atoms with Crippen LogP contribution in [0.15, 0.2) is 54.9 Å². The molecule has 2 aromatic rings. The van der Waals surface area contributed by atoms with Crippen LogP contribution in [-0.4, -0.2) is 17.0 Å². The monoisotopic (exact) mass is 242 g/mol. The topological polar surface area (TPSA) is 51.2 Å². The summed E-state index contributed by atoms with van der Waals surface area (Å²) in [5, 5.41) is 2.74. The van der Waals surface area contributed by atoms with Gasteiger partial charge in [-0.15, -0.1) is 0 Å². The molecule has 1 amide bonds. The van der Waals surface area contributed by atoms with Crippen LogP contribution < -0.4 is 10.1 Å². The van der Waals surface area contributed by atoms with Crippen molar-refractivity contribution in [2.45, 2.75) is 13.0 Å². The number of amides is 1. The number of para-hydroxylation sites is 1. The summed E-state index contributed by atoms with van der Waals surface area (Å²) in [6.45, 7) is 1.71. The summed E-state index contributed by atoms with van der Waals surface area (Å²) in [6.07, 6.45) is 2.68. The van der Waals surface area contributed by atoms with E-state index in [1.165, 1.54) is 0 Å². The third-order valence-electron chi connectivity index (χ3n) is 2.35. The largest absolute Gasteiger partial charge is 0.481 e. The number of nitrogens with zero attached hydrogens (tertiary/aromatic N) is 1. The number of pyridine rings is 1. The molecule has 1 N–H and O–H groups in total. The maximum absolute atomic E-state index is 11.9. The van der Waals surface area contributed by atoms with Gasteiger partial charge >= 0.3 is 0 Å². The first-order chi connectivity index (χ1) is 8.75. The number of rotatable bonds is 4. The van der Waals surface area contributed by atoms with Crippen molar-refractivity contribution < 1.29 is 9.53 Å². The quantitative estimate of drug-likeness (QED) is 0.896. The number of carbonyl (C=O) groups is 1. The van der Waals surface area contributed by atoms with Gasteiger partial charge in [-0.2, -0.15) is 0 Å². The zero-order valence-corrected chi connectivity index (χ0v) is 10.0. The van der Waals surface area contributed by atoms with Gasteiger partial charge in [0.05, 0.1) is 11.9 Å². The summed E-state index contributed by atoms with van der Waals surface area (Å²) in [5.41, 5.74) is 0.658. The van der Waals surface area contributed by atoms with Crippen molar-refractivity contribution in [3.05, 3.63) is 54.9 Å². The Kier molecular flexibility index (Phi) is 3.91. The van der Waals surface area contributed by atoms with E-state index in [2.05, 4.69) is 10.3 Å². The van der Waals surface area contributed by atoms with Crippen LogP contribution in [0.5, 0.6) is 5.75 Å². The molecule has 1 aromatic heterocycles. The maximum atomic E-state index is 11.9. The molecule has 18 heavy (non-hydrogen) atoms. The van der Waals surface area contributed by atoms with Crippen LogP contribution in [-0.2, 0) is 4.79 Å². The molecule has 0 saturated heterocycles. The van der Waals surface area contributed by atoms with Crippen LogP contribution in [0.3, 0.4) is 0 Å². The molecule has 1 heterocycles. The first-order valence-electron chi connectivity index (χ1n) is 5.68. The number of hydrogen-bond acceptors (Lipinski definition) is 3. The van der Waals surface area contributed by atoms with Crippen LogP contribution in [0.1, 0.15) is 6.92 Å². The lowest BCUT2D eigenvalue weighted by Gasteiger charge is -2.14. The molecule has 0 unspecified atom stereocenters. The highest BCUT2D eigenvalue weighted by molar-refractivity contribution is 5.93. The van der Waals surface area contributed by atoms with E-state index < -0.39 is 6.10 Å². The second-order valence-corrected chi connectivity index (χ2v) is 3.80. The van der Waals surface area contributed by atoms with Crippen LogP contribution >= 0.6 is 0 Å². The van der Waals surface area contributed by atoms with E-state index >= 15 is 0 Å². The molecular formula is C14H14N2O2. The average Bonchev–Trinajstić information content (AvgIpc) is 2.41.